The van der Waals surface area contributed by atoms with Crippen molar-refractivity contribution in [1.82, 2.24) is 9.80 Å². The van der Waals surface area contributed by atoms with Gasteiger partial charge >= 0.3 is 5.97 Å². The first-order valence-corrected chi connectivity index (χ1v) is 8.12. The van der Waals surface area contributed by atoms with E-state index in [-0.39, 0.29) is 12.6 Å². The zero-order valence-electron chi connectivity index (χ0n) is 13.9. The van der Waals surface area contributed by atoms with Gasteiger partial charge in [-0.1, -0.05) is 0 Å². The molecule has 1 atom stereocenters. The minimum Gasteiger partial charge on any atom is -0.491 e. The molecular weight excluding hydrogens is 312 g/mol. The number of β-amino-alcohol motifs (C(OH)–C–C–N with tert-alkyl or cyclic N) is 1. The number of ether oxygens (including phenoxy) is 2. The first-order chi connectivity index (χ1) is 11.6. The van der Waals surface area contributed by atoms with E-state index in [9.17, 15) is 14.7 Å². The zero-order chi connectivity index (χ0) is 17.4. The minimum atomic E-state index is -0.613. The summed E-state index contributed by atoms with van der Waals surface area (Å²) in [5, 5.41) is 10.1. The summed E-state index contributed by atoms with van der Waals surface area (Å²) in [7, 11) is 0. The molecule has 0 saturated carbocycles. The number of hydrogen-bond acceptors (Lipinski definition) is 6. The van der Waals surface area contributed by atoms with Gasteiger partial charge in [0.2, 0.25) is 6.41 Å². The van der Waals surface area contributed by atoms with Crippen LogP contribution in [0, 0.1) is 0 Å². The maximum absolute atomic E-state index is 11.6. The van der Waals surface area contributed by atoms with Crippen LogP contribution in [-0.2, 0) is 9.53 Å². The number of piperazine rings is 1. The van der Waals surface area contributed by atoms with Gasteiger partial charge in [-0.25, -0.2) is 4.79 Å². The van der Waals surface area contributed by atoms with Crippen LogP contribution >= 0.6 is 0 Å². The Hall–Kier alpha value is -2.12. The number of nitrogens with zero attached hydrogens (tertiary/aromatic N) is 2. The van der Waals surface area contributed by atoms with Gasteiger partial charge in [-0.3, -0.25) is 9.69 Å². The molecule has 1 aliphatic rings. The third-order valence-corrected chi connectivity index (χ3v) is 3.83. The van der Waals surface area contributed by atoms with Crippen LogP contribution in [0.1, 0.15) is 17.3 Å². The number of esters is 1. The molecule has 1 aromatic rings. The fraction of sp³-hybridized carbons (Fsp3) is 0.529. The Labute approximate surface area is 141 Å². The SMILES string of the molecule is CCOC(=O)c1ccc(OC[C@H](O)CN2CCN(C=O)CC2)cc1. The lowest BCUT2D eigenvalue weighted by atomic mass is 10.2. The molecule has 7 heteroatoms. The summed E-state index contributed by atoms with van der Waals surface area (Å²) in [6.07, 6.45) is 0.245. The first-order valence-electron chi connectivity index (χ1n) is 8.12. The smallest absolute Gasteiger partial charge is 0.338 e. The summed E-state index contributed by atoms with van der Waals surface area (Å²) in [6.45, 7) is 5.66. The molecule has 1 heterocycles. The average molecular weight is 336 g/mol. The third kappa shape index (κ3) is 5.50. The number of rotatable bonds is 8. The Morgan fingerprint density at radius 3 is 2.50 bits per heavy atom. The molecule has 0 aromatic heterocycles. The minimum absolute atomic E-state index is 0.173. The second kappa shape index (κ2) is 9.24. The second-order valence-electron chi connectivity index (χ2n) is 5.65. The van der Waals surface area contributed by atoms with Crippen LogP contribution in [-0.4, -0.2) is 79.3 Å². The van der Waals surface area contributed by atoms with Crippen molar-refractivity contribution in [2.24, 2.45) is 0 Å². The van der Waals surface area contributed by atoms with Gasteiger partial charge in [0.15, 0.2) is 0 Å². The topological polar surface area (TPSA) is 79.3 Å². The number of hydrogen-bond donors (Lipinski definition) is 1. The Bertz CT molecular complexity index is 526. The third-order valence-electron chi connectivity index (χ3n) is 3.83. The van der Waals surface area contributed by atoms with E-state index in [2.05, 4.69) is 4.90 Å². The van der Waals surface area contributed by atoms with Crippen molar-refractivity contribution in [3.8, 4) is 5.75 Å². The summed E-state index contributed by atoms with van der Waals surface area (Å²) < 4.78 is 10.5. The number of amides is 1. The van der Waals surface area contributed by atoms with E-state index in [0.29, 0.717) is 37.6 Å². The molecule has 1 amide bonds. The molecule has 0 unspecified atom stereocenters. The molecule has 0 aliphatic carbocycles. The fourth-order valence-electron chi connectivity index (χ4n) is 2.50. The molecule has 0 radical (unpaired) electrons. The number of carbonyl (C=O) groups is 2. The van der Waals surface area contributed by atoms with Gasteiger partial charge in [-0.05, 0) is 31.2 Å². The molecule has 2 rings (SSSR count). The van der Waals surface area contributed by atoms with Gasteiger partial charge in [0, 0.05) is 32.7 Å². The predicted octanol–water partition coefficient (Wildman–Crippen LogP) is 0.377. The summed E-state index contributed by atoms with van der Waals surface area (Å²) in [6, 6.07) is 6.64. The molecule has 1 N–H and O–H groups in total. The van der Waals surface area contributed by atoms with Crippen LogP contribution in [0.4, 0.5) is 0 Å². The van der Waals surface area contributed by atoms with Gasteiger partial charge in [-0.15, -0.1) is 0 Å². The highest BCUT2D eigenvalue weighted by atomic mass is 16.5. The Kier molecular flexibility index (Phi) is 7.02. The number of aliphatic hydroxyl groups excluding tert-OH is 1. The van der Waals surface area contributed by atoms with Crippen molar-refractivity contribution < 1.29 is 24.2 Å². The molecule has 1 aliphatic heterocycles. The first kappa shape index (κ1) is 18.2. The molecule has 132 valence electrons. The van der Waals surface area contributed by atoms with Gasteiger partial charge in [0.1, 0.15) is 18.5 Å². The summed E-state index contributed by atoms with van der Waals surface area (Å²) in [5.41, 5.74) is 0.470. The largest absolute Gasteiger partial charge is 0.491 e. The highest BCUT2D eigenvalue weighted by molar-refractivity contribution is 5.89. The van der Waals surface area contributed by atoms with Crippen molar-refractivity contribution in [3.63, 3.8) is 0 Å². The van der Waals surface area contributed by atoms with Crippen LogP contribution in [0.15, 0.2) is 24.3 Å². The van der Waals surface area contributed by atoms with E-state index in [0.717, 1.165) is 19.5 Å². The quantitative estimate of drug-likeness (QED) is 0.546. The van der Waals surface area contributed by atoms with E-state index in [1.165, 1.54) is 0 Å². The highest BCUT2D eigenvalue weighted by Gasteiger charge is 2.18. The molecule has 1 aromatic carbocycles. The maximum atomic E-state index is 11.6. The normalized spacial score (nSPS) is 16.5. The zero-order valence-corrected chi connectivity index (χ0v) is 13.9. The molecular formula is C17H24N2O5. The molecule has 0 spiro atoms. The number of benzene rings is 1. The standard InChI is InChI=1S/C17H24N2O5/c1-2-23-17(22)14-3-5-16(6-4-14)24-12-15(21)11-18-7-9-19(13-20)10-8-18/h3-6,13,15,21H,2,7-12H2,1H3/t15-/m1/s1. The highest BCUT2D eigenvalue weighted by Crippen LogP contribution is 2.13. The Morgan fingerprint density at radius 2 is 1.92 bits per heavy atom. The van der Waals surface area contributed by atoms with E-state index >= 15 is 0 Å². The van der Waals surface area contributed by atoms with Gasteiger partial charge in [0.05, 0.1) is 12.2 Å². The van der Waals surface area contributed by atoms with E-state index < -0.39 is 6.10 Å². The van der Waals surface area contributed by atoms with Crippen LogP contribution in [0.2, 0.25) is 0 Å². The molecule has 24 heavy (non-hydrogen) atoms. The van der Waals surface area contributed by atoms with Crippen molar-refractivity contribution >= 4 is 12.4 Å². The van der Waals surface area contributed by atoms with E-state index in [1.807, 2.05) is 0 Å². The fourth-order valence-corrected chi connectivity index (χ4v) is 2.50. The van der Waals surface area contributed by atoms with Gasteiger partial charge in [0.25, 0.3) is 0 Å². The molecule has 1 saturated heterocycles. The molecule has 0 bridgehead atoms. The number of aliphatic hydroxyl groups is 1. The van der Waals surface area contributed by atoms with Crippen molar-refractivity contribution in [1.29, 1.82) is 0 Å². The van der Waals surface area contributed by atoms with Crippen LogP contribution in [0.25, 0.3) is 0 Å². The van der Waals surface area contributed by atoms with Crippen molar-refractivity contribution in [2.75, 3.05) is 45.9 Å². The summed E-state index contributed by atoms with van der Waals surface area (Å²) in [5.74, 6) is 0.228. The Morgan fingerprint density at radius 1 is 1.25 bits per heavy atom. The van der Waals surface area contributed by atoms with E-state index in [4.69, 9.17) is 9.47 Å². The van der Waals surface area contributed by atoms with Gasteiger partial charge in [-0.2, -0.15) is 0 Å². The van der Waals surface area contributed by atoms with E-state index in [1.54, 1.807) is 36.1 Å². The predicted molar refractivity (Wildman–Crippen MR) is 88.0 cm³/mol. The Balaban J connectivity index is 1.72. The van der Waals surface area contributed by atoms with Crippen molar-refractivity contribution in [3.05, 3.63) is 29.8 Å². The monoisotopic (exact) mass is 336 g/mol. The maximum Gasteiger partial charge on any atom is 0.338 e. The average Bonchev–Trinajstić information content (AvgIpc) is 2.61. The van der Waals surface area contributed by atoms with Crippen LogP contribution in [0.3, 0.4) is 0 Å². The lowest BCUT2D eigenvalue weighted by molar-refractivity contribution is -0.119. The molecule has 1 fully saturated rings. The lowest BCUT2D eigenvalue weighted by Crippen LogP contribution is -2.48. The summed E-state index contributed by atoms with van der Waals surface area (Å²) in [4.78, 5) is 26.0. The number of carbonyl (C=O) groups excluding carboxylic acids is 2. The van der Waals surface area contributed by atoms with Crippen LogP contribution < -0.4 is 4.74 Å². The van der Waals surface area contributed by atoms with Crippen LogP contribution in [0.5, 0.6) is 5.75 Å². The summed E-state index contributed by atoms with van der Waals surface area (Å²) >= 11 is 0. The lowest BCUT2D eigenvalue weighted by Gasteiger charge is -2.33. The van der Waals surface area contributed by atoms with Gasteiger partial charge < -0.3 is 19.5 Å². The van der Waals surface area contributed by atoms with Crippen molar-refractivity contribution in [2.45, 2.75) is 13.0 Å². The second-order valence-corrected chi connectivity index (χ2v) is 5.65. The molecule has 7 nitrogen and oxygen atoms in total.